The lowest BCUT2D eigenvalue weighted by molar-refractivity contribution is 0.184. The number of hydrazone groups is 1. The summed E-state index contributed by atoms with van der Waals surface area (Å²) in [5.41, 5.74) is 6.86. The maximum absolute atomic E-state index is 9.53. The summed E-state index contributed by atoms with van der Waals surface area (Å²) in [7, 11) is 1.59. The van der Waals surface area contributed by atoms with E-state index in [-0.39, 0.29) is 0 Å². The van der Waals surface area contributed by atoms with Crippen LogP contribution in [0.2, 0.25) is 0 Å². The molecule has 1 heterocycles. The Morgan fingerprint density at radius 2 is 1.82 bits per heavy atom. The predicted molar refractivity (Wildman–Crippen MR) is 130 cm³/mol. The van der Waals surface area contributed by atoms with Crippen molar-refractivity contribution in [3.05, 3.63) is 101 Å². The van der Waals surface area contributed by atoms with Gasteiger partial charge in [0.1, 0.15) is 24.0 Å². The van der Waals surface area contributed by atoms with E-state index < -0.39 is 0 Å². The molecular formula is C27H24N4O2. The van der Waals surface area contributed by atoms with Crippen molar-refractivity contribution >= 4 is 22.8 Å². The lowest BCUT2D eigenvalue weighted by Crippen LogP contribution is -2.03. The maximum atomic E-state index is 9.53. The Morgan fingerprint density at radius 3 is 2.67 bits per heavy atom. The van der Waals surface area contributed by atoms with Gasteiger partial charge in [-0.1, -0.05) is 54.6 Å². The Labute approximate surface area is 193 Å². The van der Waals surface area contributed by atoms with Gasteiger partial charge < -0.3 is 9.47 Å². The second-order valence-corrected chi connectivity index (χ2v) is 7.56. The standard InChI is InChI=1S/C27H24N4O2/c1-19-13-23(17-32-2)26(15-28)27(30-19)31-29-16-20-7-5-11-24(14-20)33-18-22-10-6-9-21-8-3-4-12-25(21)22/h3-14,16H,17-18H2,1-2H3,(H,30,31). The van der Waals surface area contributed by atoms with Crippen molar-refractivity contribution < 1.29 is 9.47 Å². The van der Waals surface area contributed by atoms with Gasteiger partial charge in [0.2, 0.25) is 0 Å². The van der Waals surface area contributed by atoms with Crippen LogP contribution in [0, 0.1) is 18.3 Å². The first-order valence-electron chi connectivity index (χ1n) is 10.6. The van der Waals surface area contributed by atoms with Crippen LogP contribution in [0.4, 0.5) is 5.82 Å². The number of nitrogens with zero attached hydrogens (tertiary/aromatic N) is 3. The van der Waals surface area contributed by atoms with Crippen LogP contribution in [0.5, 0.6) is 5.75 Å². The van der Waals surface area contributed by atoms with Crippen LogP contribution >= 0.6 is 0 Å². The number of ether oxygens (including phenoxy) is 2. The summed E-state index contributed by atoms with van der Waals surface area (Å²) >= 11 is 0. The molecule has 0 spiro atoms. The van der Waals surface area contributed by atoms with Crippen molar-refractivity contribution in [1.82, 2.24) is 4.98 Å². The molecular weight excluding hydrogens is 412 g/mol. The van der Waals surface area contributed by atoms with Gasteiger partial charge in [0.15, 0.2) is 5.82 Å². The molecule has 0 unspecified atom stereocenters. The van der Waals surface area contributed by atoms with Crippen LogP contribution in [-0.4, -0.2) is 18.3 Å². The van der Waals surface area contributed by atoms with Crippen LogP contribution in [0.25, 0.3) is 10.8 Å². The minimum atomic E-state index is 0.334. The van der Waals surface area contributed by atoms with Crippen molar-refractivity contribution in [2.45, 2.75) is 20.1 Å². The average Bonchev–Trinajstić information content (AvgIpc) is 2.83. The van der Waals surface area contributed by atoms with Crippen molar-refractivity contribution in [3.8, 4) is 11.8 Å². The number of anilines is 1. The quantitative estimate of drug-likeness (QED) is 0.288. The highest BCUT2D eigenvalue weighted by Gasteiger charge is 2.10. The van der Waals surface area contributed by atoms with E-state index in [0.717, 1.165) is 28.1 Å². The first-order valence-corrected chi connectivity index (χ1v) is 10.6. The number of methoxy groups -OCH3 is 1. The third-order valence-corrected chi connectivity index (χ3v) is 5.16. The fraction of sp³-hybridized carbons (Fsp3) is 0.148. The summed E-state index contributed by atoms with van der Waals surface area (Å²) in [5.74, 6) is 1.16. The molecule has 0 amide bonds. The summed E-state index contributed by atoms with van der Waals surface area (Å²) < 4.78 is 11.2. The zero-order chi connectivity index (χ0) is 23.0. The second-order valence-electron chi connectivity index (χ2n) is 7.56. The Kier molecular flexibility index (Phi) is 6.93. The fourth-order valence-corrected chi connectivity index (χ4v) is 3.65. The zero-order valence-corrected chi connectivity index (χ0v) is 18.6. The van der Waals surface area contributed by atoms with E-state index in [9.17, 15) is 5.26 Å². The molecule has 0 radical (unpaired) electrons. The van der Waals surface area contributed by atoms with Gasteiger partial charge in [-0.05, 0) is 47.0 Å². The third-order valence-electron chi connectivity index (χ3n) is 5.16. The molecule has 0 bridgehead atoms. The van der Waals surface area contributed by atoms with Gasteiger partial charge in [0.05, 0.1) is 12.8 Å². The Bertz CT molecular complexity index is 1340. The normalized spacial score (nSPS) is 10.9. The van der Waals surface area contributed by atoms with Gasteiger partial charge in [-0.2, -0.15) is 10.4 Å². The minimum absolute atomic E-state index is 0.334. The Balaban J connectivity index is 1.46. The summed E-state index contributed by atoms with van der Waals surface area (Å²) in [6.07, 6.45) is 1.67. The fourth-order valence-electron chi connectivity index (χ4n) is 3.65. The monoisotopic (exact) mass is 436 g/mol. The van der Waals surface area contributed by atoms with Crippen molar-refractivity contribution in [1.29, 1.82) is 5.26 Å². The molecule has 1 N–H and O–H groups in total. The average molecular weight is 437 g/mol. The molecule has 33 heavy (non-hydrogen) atoms. The number of aromatic nitrogens is 1. The van der Waals surface area contributed by atoms with Crippen molar-refractivity contribution in [2.24, 2.45) is 5.10 Å². The van der Waals surface area contributed by atoms with Gasteiger partial charge in [0.25, 0.3) is 0 Å². The first kappa shape index (κ1) is 22.0. The number of benzene rings is 3. The number of fused-ring (bicyclic) bond motifs is 1. The molecule has 6 nitrogen and oxygen atoms in total. The molecule has 0 fully saturated rings. The Hall–Kier alpha value is -4.21. The van der Waals surface area contributed by atoms with Crippen LogP contribution in [-0.2, 0) is 18.0 Å². The minimum Gasteiger partial charge on any atom is -0.489 e. The second kappa shape index (κ2) is 10.4. The smallest absolute Gasteiger partial charge is 0.164 e. The van der Waals surface area contributed by atoms with Crippen LogP contribution in [0.1, 0.15) is 27.9 Å². The highest BCUT2D eigenvalue weighted by atomic mass is 16.5. The van der Waals surface area contributed by atoms with E-state index in [0.29, 0.717) is 24.6 Å². The number of aryl methyl sites for hydroxylation is 1. The summed E-state index contributed by atoms with van der Waals surface area (Å²) in [6.45, 7) is 2.67. The summed E-state index contributed by atoms with van der Waals surface area (Å²) in [5, 5.41) is 16.2. The van der Waals surface area contributed by atoms with Gasteiger partial charge in [-0.3, -0.25) is 5.43 Å². The Morgan fingerprint density at radius 1 is 1.00 bits per heavy atom. The zero-order valence-electron chi connectivity index (χ0n) is 18.6. The molecule has 0 aliphatic carbocycles. The number of nitrogens with one attached hydrogen (secondary N) is 1. The van der Waals surface area contributed by atoms with Crippen LogP contribution in [0.15, 0.2) is 77.9 Å². The lowest BCUT2D eigenvalue weighted by atomic mass is 10.1. The highest BCUT2D eigenvalue weighted by Crippen LogP contribution is 2.22. The molecule has 0 aliphatic rings. The number of hydrogen-bond acceptors (Lipinski definition) is 6. The highest BCUT2D eigenvalue weighted by molar-refractivity contribution is 5.85. The van der Waals surface area contributed by atoms with Gasteiger partial charge in [0, 0.05) is 18.4 Å². The molecule has 0 aliphatic heterocycles. The van der Waals surface area contributed by atoms with E-state index in [1.54, 1.807) is 13.3 Å². The summed E-state index contributed by atoms with van der Waals surface area (Å²) in [6, 6.07) is 26.2. The van der Waals surface area contributed by atoms with E-state index in [1.165, 1.54) is 10.8 Å². The van der Waals surface area contributed by atoms with Crippen molar-refractivity contribution in [2.75, 3.05) is 12.5 Å². The number of rotatable bonds is 8. The van der Waals surface area contributed by atoms with E-state index in [2.05, 4.69) is 45.8 Å². The third kappa shape index (κ3) is 5.35. The van der Waals surface area contributed by atoms with Gasteiger partial charge >= 0.3 is 0 Å². The molecule has 6 heteroatoms. The molecule has 4 rings (SSSR count). The van der Waals surface area contributed by atoms with Gasteiger partial charge in [-0.15, -0.1) is 0 Å². The number of pyridine rings is 1. The molecule has 164 valence electrons. The molecule has 4 aromatic rings. The van der Waals surface area contributed by atoms with E-state index >= 15 is 0 Å². The predicted octanol–water partition coefficient (Wildman–Crippen LogP) is 5.59. The van der Waals surface area contributed by atoms with Crippen LogP contribution < -0.4 is 10.2 Å². The van der Waals surface area contributed by atoms with Crippen molar-refractivity contribution in [3.63, 3.8) is 0 Å². The SMILES string of the molecule is COCc1cc(C)nc(NN=Cc2cccc(OCc3cccc4ccccc34)c2)c1C#N. The van der Waals surface area contributed by atoms with E-state index in [4.69, 9.17) is 9.47 Å². The molecule has 1 aromatic heterocycles. The number of nitriles is 1. The lowest BCUT2D eigenvalue weighted by Gasteiger charge is -2.10. The van der Waals surface area contributed by atoms with Gasteiger partial charge in [-0.25, -0.2) is 4.98 Å². The van der Waals surface area contributed by atoms with Crippen LogP contribution in [0.3, 0.4) is 0 Å². The first-order chi connectivity index (χ1) is 16.2. The largest absolute Gasteiger partial charge is 0.489 e. The topological polar surface area (TPSA) is 79.5 Å². The van der Waals surface area contributed by atoms with E-state index in [1.807, 2.05) is 55.5 Å². The number of hydrogen-bond donors (Lipinski definition) is 1. The molecule has 0 atom stereocenters. The molecule has 3 aromatic carbocycles. The maximum Gasteiger partial charge on any atom is 0.164 e. The molecule has 0 saturated heterocycles. The molecule has 0 saturated carbocycles. The summed E-state index contributed by atoms with van der Waals surface area (Å²) in [4.78, 5) is 4.40.